The second-order valence-corrected chi connectivity index (χ2v) is 6.80. The fourth-order valence-electron chi connectivity index (χ4n) is 1.90. The third kappa shape index (κ3) is 2.60. The van der Waals surface area contributed by atoms with Crippen molar-refractivity contribution >= 4 is 23.3 Å². The summed E-state index contributed by atoms with van der Waals surface area (Å²) in [5.41, 5.74) is 1.16. The van der Waals surface area contributed by atoms with Crippen LogP contribution in [0.2, 0.25) is 0 Å². The van der Waals surface area contributed by atoms with Gasteiger partial charge in [0.25, 0.3) is 0 Å². The Morgan fingerprint density at radius 2 is 2.00 bits per heavy atom. The van der Waals surface area contributed by atoms with Crippen LogP contribution in [0, 0.1) is 0 Å². The number of rotatable bonds is 3. The van der Waals surface area contributed by atoms with Gasteiger partial charge in [-0.05, 0) is 17.7 Å². The minimum absolute atomic E-state index is 0.662. The molecule has 0 fully saturated rings. The fraction of sp³-hybridized carbons (Fsp3) is 0.143. The van der Waals surface area contributed by atoms with Crippen LogP contribution >= 0.6 is 11.9 Å². The highest BCUT2D eigenvalue weighted by molar-refractivity contribution is 8.11. The van der Waals surface area contributed by atoms with E-state index in [2.05, 4.69) is 0 Å². The Labute approximate surface area is 120 Å². The summed E-state index contributed by atoms with van der Waals surface area (Å²) in [6, 6.07) is 15.8. The maximum Gasteiger partial charge on any atom is 0.193 e. The predicted octanol–water partition coefficient (Wildman–Crippen LogP) is 3.24. The molecule has 19 heavy (non-hydrogen) atoms. The molecule has 3 nitrogen and oxygen atoms in total. The van der Waals surface area contributed by atoms with Gasteiger partial charge in [0.15, 0.2) is 4.90 Å². The van der Waals surface area contributed by atoms with Crippen molar-refractivity contribution in [3.8, 4) is 5.75 Å². The molecule has 0 aromatic heterocycles. The zero-order valence-electron chi connectivity index (χ0n) is 10.4. The summed E-state index contributed by atoms with van der Waals surface area (Å²) in [6.07, 6.45) is 0. The number of fused-ring (bicyclic) bond motifs is 1. The molecule has 0 saturated carbocycles. The van der Waals surface area contributed by atoms with Gasteiger partial charge in [-0.3, -0.25) is 0 Å². The Morgan fingerprint density at radius 3 is 2.74 bits per heavy atom. The Bertz CT molecular complexity index is 577. The van der Waals surface area contributed by atoms with Crippen LogP contribution in [-0.2, 0) is 17.9 Å². The Morgan fingerprint density at radius 1 is 1.21 bits per heavy atom. The lowest BCUT2D eigenvalue weighted by atomic mass is 10.2. The molecule has 1 aliphatic heterocycles. The quantitative estimate of drug-likeness (QED) is 0.642. The molecule has 1 heterocycles. The minimum Gasteiger partial charge on any atom is -0.592 e. The summed E-state index contributed by atoms with van der Waals surface area (Å²) >= 11 is 0.404. The highest BCUT2D eigenvalue weighted by Gasteiger charge is 2.35. The first kappa shape index (κ1) is 12.9. The molecule has 5 heteroatoms. The van der Waals surface area contributed by atoms with Gasteiger partial charge in [0.05, 0.1) is 29.9 Å². The summed E-state index contributed by atoms with van der Waals surface area (Å²) in [6.45, 7) is 0.662. The van der Waals surface area contributed by atoms with E-state index in [0.29, 0.717) is 6.54 Å². The lowest BCUT2D eigenvalue weighted by molar-refractivity contribution is 0.413. The summed E-state index contributed by atoms with van der Waals surface area (Å²) in [5.74, 6) is 0.745. The number of ether oxygens (including phenoxy) is 1. The van der Waals surface area contributed by atoms with Crippen molar-refractivity contribution in [2.24, 2.45) is 0 Å². The van der Waals surface area contributed by atoms with E-state index in [1.807, 2.05) is 52.2 Å². The number of nitrogens with zero attached hydrogens (tertiary/aromatic N) is 1. The van der Waals surface area contributed by atoms with E-state index in [4.69, 9.17) is 4.74 Å². The van der Waals surface area contributed by atoms with Crippen LogP contribution in [0.1, 0.15) is 5.56 Å². The molecule has 2 aromatic rings. The number of hydrogen-bond acceptors (Lipinski definition) is 4. The molecule has 3 rings (SSSR count). The van der Waals surface area contributed by atoms with Crippen LogP contribution in [-0.4, -0.2) is 15.4 Å². The average Bonchev–Trinajstić information content (AvgIpc) is 2.76. The van der Waals surface area contributed by atoms with E-state index in [9.17, 15) is 4.55 Å². The van der Waals surface area contributed by atoms with Gasteiger partial charge >= 0.3 is 0 Å². The van der Waals surface area contributed by atoms with Crippen molar-refractivity contribution in [2.75, 3.05) is 7.11 Å². The first-order valence-corrected chi connectivity index (χ1v) is 7.75. The number of benzene rings is 2. The molecule has 0 amide bonds. The monoisotopic (exact) mass is 291 g/mol. The highest BCUT2D eigenvalue weighted by Crippen LogP contribution is 2.43. The molecule has 1 unspecified atom stereocenters. The fourth-order valence-corrected chi connectivity index (χ4v) is 4.64. The van der Waals surface area contributed by atoms with E-state index >= 15 is 0 Å². The molecule has 0 saturated heterocycles. The zero-order chi connectivity index (χ0) is 13.2. The minimum atomic E-state index is -1.13. The third-order valence-corrected chi connectivity index (χ3v) is 5.74. The Kier molecular flexibility index (Phi) is 3.70. The van der Waals surface area contributed by atoms with Crippen molar-refractivity contribution in [3.63, 3.8) is 0 Å². The molecule has 0 N–H and O–H groups in total. The molecular weight excluding hydrogens is 278 g/mol. The number of hydrogen-bond donors (Lipinski definition) is 0. The van der Waals surface area contributed by atoms with Crippen LogP contribution in [0.3, 0.4) is 0 Å². The Balaban J connectivity index is 1.81. The topological polar surface area (TPSA) is 35.5 Å². The summed E-state index contributed by atoms with van der Waals surface area (Å²) in [7, 11) is 1.62. The second-order valence-electron chi connectivity index (χ2n) is 4.13. The number of methoxy groups -OCH3 is 1. The van der Waals surface area contributed by atoms with Gasteiger partial charge in [0, 0.05) is 18.0 Å². The van der Waals surface area contributed by atoms with Crippen LogP contribution in [0.4, 0.5) is 0 Å². The maximum absolute atomic E-state index is 12.4. The average molecular weight is 291 g/mol. The van der Waals surface area contributed by atoms with Crippen molar-refractivity contribution in [1.82, 2.24) is 3.71 Å². The predicted molar refractivity (Wildman–Crippen MR) is 77.2 cm³/mol. The lowest BCUT2D eigenvalue weighted by Crippen LogP contribution is -2.19. The SMILES string of the molecule is COc1ccc2c(c1)[S+]([O-])N(Cc1ccccc1)S2. The molecule has 1 aliphatic rings. The van der Waals surface area contributed by atoms with Gasteiger partial charge in [-0.1, -0.05) is 34.0 Å². The normalized spacial score (nSPS) is 18.3. The van der Waals surface area contributed by atoms with Gasteiger partial charge in [-0.2, -0.15) is 0 Å². The van der Waals surface area contributed by atoms with E-state index in [0.717, 1.165) is 21.1 Å². The standard InChI is InChI=1S/C14H13NO2S2/c1-17-12-7-8-13-14(9-12)19(16)15(18-13)10-11-5-3-2-4-6-11/h2-9H,10H2,1H3. The van der Waals surface area contributed by atoms with Gasteiger partial charge in [-0.15, -0.1) is 0 Å². The van der Waals surface area contributed by atoms with Crippen molar-refractivity contribution in [3.05, 3.63) is 54.1 Å². The van der Waals surface area contributed by atoms with E-state index in [1.165, 1.54) is 11.9 Å². The third-order valence-electron chi connectivity index (χ3n) is 2.88. The van der Waals surface area contributed by atoms with Gasteiger partial charge < -0.3 is 9.29 Å². The van der Waals surface area contributed by atoms with Gasteiger partial charge in [0.1, 0.15) is 5.75 Å². The molecule has 0 bridgehead atoms. The zero-order valence-corrected chi connectivity index (χ0v) is 12.0. The van der Waals surface area contributed by atoms with Crippen molar-refractivity contribution in [2.45, 2.75) is 16.3 Å². The molecule has 2 aromatic carbocycles. The molecular formula is C14H13NO2S2. The second kappa shape index (κ2) is 5.46. The van der Waals surface area contributed by atoms with E-state index in [1.54, 1.807) is 7.11 Å². The van der Waals surface area contributed by atoms with Crippen molar-refractivity contribution in [1.29, 1.82) is 0 Å². The highest BCUT2D eigenvalue weighted by atomic mass is 32.3. The van der Waals surface area contributed by atoms with Crippen LogP contribution in [0.15, 0.2) is 58.3 Å². The molecule has 0 spiro atoms. The summed E-state index contributed by atoms with van der Waals surface area (Å²) < 4.78 is 19.5. The Hall–Kier alpha value is -1.14. The lowest BCUT2D eigenvalue weighted by Gasteiger charge is -2.14. The van der Waals surface area contributed by atoms with Crippen LogP contribution in [0.5, 0.6) is 5.75 Å². The van der Waals surface area contributed by atoms with E-state index in [-0.39, 0.29) is 0 Å². The van der Waals surface area contributed by atoms with Crippen LogP contribution in [0.25, 0.3) is 0 Å². The molecule has 0 aliphatic carbocycles. The summed E-state index contributed by atoms with van der Waals surface area (Å²) in [5, 5.41) is 0. The molecule has 1 atom stereocenters. The maximum atomic E-state index is 12.4. The van der Waals surface area contributed by atoms with Gasteiger partial charge in [0.2, 0.25) is 0 Å². The summed E-state index contributed by atoms with van der Waals surface area (Å²) in [4.78, 5) is 1.87. The molecule has 98 valence electrons. The first-order chi connectivity index (χ1) is 9.28. The first-order valence-electron chi connectivity index (χ1n) is 5.87. The largest absolute Gasteiger partial charge is 0.592 e. The van der Waals surface area contributed by atoms with Gasteiger partial charge in [-0.25, -0.2) is 0 Å². The smallest absolute Gasteiger partial charge is 0.193 e. The molecule has 0 radical (unpaired) electrons. The van der Waals surface area contributed by atoms with Crippen molar-refractivity contribution < 1.29 is 9.29 Å². The van der Waals surface area contributed by atoms with E-state index < -0.39 is 11.4 Å². The van der Waals surface area contributed by atoms with Crippen LogP contribution < -0.4 is 4.74 Å².